The summed E-state index contributed by atoms with van der Waals surface area (Å²) in [7, 11) is 1.90. The van der Waals surface area contributed by atoms with E-state index in [0.29, 0.717) is 12.3 Å². The van der Waals surface area contributed by atoms with Crippen LogP contribution in [0.3, 0.4) is 0 Å². The molecule has 0 bridgehead atoms. The number of carbonyl (C=O) groups excluding carboxylic acids is 1. The number of para-hydroxylation sites is 1. The van der Waals surface area contributed by atoms with Gasteiger partial charge in [-0.05, 0) is 44.0 Å². The van der Waals surface area contributed by atoms with Crippen molar-refractivity contribution in [2.45, 2.75) is 39.5 Å². The van der Waals surface area contributed by atoms with Gasteiger partial charge in [0.2, 0.25) is 5.91 Å². The fraction of sp³-hybridized carbons (Fsp3) is 0.533. The van der Waals surface area contributed by atoms with Crippen LogP contribution in [0.2, 0.25) is 0 Å². The Balaban J connectivity index is 2.74. The van der Waals surface area contributed by atoms with Gasteiger partial charge in [-0.15, -0.1) is 0 Å². The molecule has 0 fully saturated rings. The maximum absolute atomic E-state index is 11.9. The van der Waals surface area contributed by atoms with Crippen molar-refractivity contribution in [2.75, 3.05) is 18.9 Å². The second-order valence-corrected chi connectivity index (χ2v) is 4.95. The van der Waals surface area contributed by atoms with E-state index < -0.39 is 0 Å². The smallest absolute Gasteiger partial charge is 0.224 e. The zero-order chi connectivity index (χ0) is 13.5. The lowest BCUT2D eigenvalue weighted by Crippen LogP contribution is -2.17. The molecule has 0 radical (unpaired) electrons. The number of carbonyl (C=O) groups is 1. The van der Waals surface area contributed by atoms with Crippen LogP contribution in [0.1, 0.15) is 43.7 Å². The first-order valence-electron chi connectivity index (χ1n) is 6.60. The van der Waals surface area contributed by atoms with Crippen molar-refractivity contribution >= 4 is 11.6 Å². The summed E-state index contributed by atoms with van der Waals surface area (Å²) in [5.74, 6) is 0.513. The van der Waals surface area contributed by atoms with E-state index in [1.165, 1.54) is 5.56 Å². The molecule has 0 saturated carbocycles. The van der Waals surface area contributed by atoms with Crippen LogP contribution in [0.4, 0.5) is 5.69 Å². The Morgan fingerprint density at radius 2 is 2.06 bits per heavy atom. The fourth-order valence-electron chi connectivity index (χ4n) is 1.97. The van der Waals surface area contributed by atoms with Gasteiger partial charge in [0, 0.05) is 12.1 Å². The van der Waals surface area contributed by atoms with Crippen molar-refractivity contribution in [3.63, 3.8) is 0 Å². The molecule has 1 rings (SSSR count). The van der Waals surface area contributed by atoms with Crippen LogP contribution in [0.5, 0.6) is 0 Å². The predicted molar refractivity (Wildman–Crippen MR) is 77.1 cm³/mol. The van der Waals surface area contributed by atoms with Crippen LogP contribution in [-0.2, 0) is 4.79 Å². The lowest BCUT2D eigenvalue weighted by Gasteiger charge is -2.16. The third kappa shape index (κ3) is 4.15. The van der Waals surface area contributed by atoms with E-state index in [9.17, 15) is 4.79 Å². The van der Waals surface area contributed by atoms with E-state index in [1.807, 2.05) is 26.1 Å². The minimum atomic E-state index is 0.0986. The summed E-state index contributed by atoms with van der Waals surface area (Å²) >= 11 is 0. The molecule has 3 heteroatoms. The number of rotatable bonds is 6. The largest absolute Gasteiger partial charge is 0.326 e. The van der Waals surface area contributed by atoms with Gasteiger partial charge in [0.25, 0.3) is 0 Å². The zero-order valence-corrected chi connectivity index (χ0v) is 11.8. The molecule has 3 nitrogen and oxygen atoms in total. The third-order valence-corrected chi connectivity index (χ3v) is 3.02. The molecule has 0 unspecified atom stereocenters. The third-order valence-electron chi connectivity index (χ3n) is 3.02. The first kappa shape index (κ1) is 14.7. The van der Waals surface area contributed by atoms with Crippen LogP contribution in [0.15, 0.2) is 18.2 Å². The minimum Gasteiger partial charge on any atom is -0.326 e. The van der Waals surface area contributed by atoms with E-state index in [1.54, 1.807) is 0 Å². The Kier molecular flexibility index (Phi) is 5.86. The number of anilines is 1. The Morgan fingerprint density at radius 1 is 1.33 bits per heavy atom. The number of nitrogens with one attached hydrogen (secondary N) is 2. The van der Waals surface area contributed by atoms with Crippen LogP contribution in [0.25, 0.3) is 0 Å². The topological polar surface area (TPSA) is 41.1 Å². The van der Waals surface area contributed by atoms with E-state index in [0.717, 1.165) is 24.2 Å². The highest BCUT2D eigenvalue weighted by Crippen LogP contribution is 2.27. The quantitative estimate of drug-likeness (QED) is 0.760. The van der Waals surface area contributed by atoms with Gasteiger partial charge in [-0.2, -0.15) is 0 Å². The molecular formula is C15H24N2O. The maximum atomic E-state index is 11.9. The number of amides is 1. The van der Waals surface area contributed by atoms with Gasteiger partial charge in [-0.1, -0.05) is 32.0 Å². The molecule has 0 saturated heterocycles. The van der Waals surface area contributed by atoms with Gasteiger partial charge < -0.3 is 10.6 Å². The molecule has 2 N–H and O–H groups in total. The van der Waals surface area contributed by atoms with Gasteiger partial charge >= 0.3 is 0 Å². The predicted octanol–water partition coefficient (Wildman–Crippen LogP) is 3.06. The van der Waals surface area contributed by atoms with Gasteiger partial charge in [-0.25, -0.2) is 0 Å². The highest BCUT2D eigenvalue weighted by atomic mass is 16.1. The first-order chi connectivity index (χ1) is 8.56. The standard InChI is InChI=1S/C15H24N2O/c1-11(2)13-8-5-7-12(3)15(13)17-14(18)9-6-10-16-4/h5,7-8,11,16H,6,9-10H2,1-4H3,(H,17,18). The SMILES string of the molecule is CNCCCC(=O)Nc1c(C)cccc1C(C)C. The van der Waals surface area contributed by atoms with E-state index >= 15 is 0 Å². The molecule has 1 amide bonds. The molecule has 1 aromatic carbocycles. The van der Waals surface area contributed by atoms with Gasteiger partial charge in [0.05, 0.1) is 0 Å². The van der Waals surface area contributed by atoms with Crippen molar-refractivity contribution in [1.82, 2.24) is 5.32 Å². The molecule has 0 aromatic heterocycles. The molecule has 0 spiro atoms. The maximum Gasteiger partial charge on any atom is 0.224 e. The number of aryl methyl sites for hydroxylation is 1. The van der Waals surface area contributed by atoms with Gasteiger partial charge in [-0.3, -0.25) is 4.79 Å². The lowest BCUT2D eigenvalue weighted by molar-refractivity contribution is -0.116. The highest BCUT2D eigenvalue weighted by molar-refractivity contribution is 5.92. The molecule has 0 heterocycles. The summed E-state index contributed by atoms with van der Waals surface area (Å²) in [6.07, 6.45) is 1.43. The number of hydrogen-bond acceptors (Lipinski definition) is 2. The van der Waals surface area contributed by atoms with Crippen molar-refractivity contribution < 1.29 is 4.79 Å². The molecule has 0 atom stereocenters. The summed E-state index contributed by atoms with van der Waals surface area (Å²) in [6, 6.07) is 6.16. The zero-order valence-electron chi connectivity index (χ0n) is 11.8. The molecule has 18 heavy (non-hydrogen) atoms. The van der Waals surface area contributed by atoms with Crippen molar-refractivity contribution in [3.05, 3.63) is 29.3 Å². The van der Waals surface area contributed by atoms with E-state index in [-0.39, 0.29) is 5.91 Å². The van der Waals surface area contributed by atoms with Crippen molar-refractivity contribution in [1.29, 1.82) is 0 Å². The van der Waals surface area contributed by atoms with Crippen molar-refractivity contribution in [3.8, 4) is 0 Å². The van der Waals surface area contributed by atoms with Gasteiger partial charge in [0.1, 0.15) is 0 Å². The molecule has 0 aliphatic rings. The minimum absolute atomic E-state index is 0.0986. The van der Waals surface area contributed by atoms with E-state index in [2.05, 4.69) is 30.5 Å². The van der Waals surface area contributed by atoms with E-state index in [4.69, 9.17) is 0 Å². The van der Waals surface area contributed by atoms with Crippen LogP contribution in [-0.4, -0.2) is 19.5 Å². The average Bonchev–Trinajstić information content (AvgIpc) is 2.31. The monoisotopic (exact) mass is 248 g/mol. The summed E-state index contributed by atoms with van der Waals surface area (Å²) in [6.45, 7) is 7.20. The molecule has 100 valence electrons. The lowest BCUT2D eigenvalue weighted by atomic mass is 9.98. The molecule has 0 aliphatic carbocycles. The fourth-order valence-corrected chi connectivity index (χ4v) is 1.97. The summed E-state index contributed by atoms with van der Waals surface area (Å²) in [5.41, 5.74) is 3.32. The molecule has 0 aliphatic heterocycles. The summed E-state index contributed by atoms with van der Waals surface area (Å²) in [4.78, 5) is 11.9. The average molecular weight is 248 g/mol. The normalized spacial score (nSPS) is 10.7. The van der Waals surface area contributed by atoms with Crippen molar-refractivity contribution in [2.24, 2.45) is 0 Å². The molecular weight excluding hydrogens is 224 g/mol. The number of hydrogen-bond donors (Lipinski definition) is 2. The second kappa shape index (κ2) is 7.17. The summed E-state index contributed by atoms with van der Waals surface area (Å²) < 4.78 is 0. The molecule has 1 aromatic rings. The Morgan fingerprint density at radius 3 is 2.67 bits per heavy atom. The Labute approximate surface area is 110 Å². The number of benzene rings is 1. The Bertz CT molecular complexity index is 399. The van der Waals surface area contributed by atoms with Crippen LogP contribution < -0.4 is 10.6 Å². The van der Waals surface area contributed by atoms with Crippen LogP contribution in [0, 0.1) is 6.92 Å². The second-order valence-electron chi connectivity index (χ2n) is 4.95. The van der Waals surface area contributed by atoms with Crippen LogP contribution >= 0.6 is 0 Å². The Hall–Kier alpha value is -1.35. The van der Waals surface area contributed by atoms with Gasteiger partial charge in [0.15, 0.2) is 0 Å². The first-order valence-corrected chi connectivity index (χ1v) is 6.60. The summed E-state index contributed by atoms with van der Waals surface area (Å²) in [5, 5.41) is 6.10. The highest BCUT2D eigenvalue weighted by Gasteiger charge is 2.11.